The Morgan fingerprint density at radius 1 is 1.32 bits per heavy atom. The zero-order chi connectivity index (χ0) is 18.8. The minimum absolute atomic E-state index is 0.00145. The number of piperidine rings is 1. The van der Waals surface area contributed by atoms with E-state index in [0.717, 1.165) is 11.8 Å². The van der Waals surface area contributed by atoms with E-state index in [-0.39, 0.29) is 25.3 Å². The Bertz CT molecular complexity index is 649. The molecule has 1 aliphatic rings. The highest BCUT2D eigenvalue weighted by atomic mass is 19.4. The van der Waals surface area contributed by atoms with Gasteiger partial charge in [-0.1, -0.05) is 13.8 Å². The van der Waals surface area contributed by atoms with E-state index in [1.807, 2.05) is 13.8 Å². The summed E-state index contributed by atoms with van der Waals surface area (Å²) >= 11 is 0. The number of likely N-dealkylation sites (tertiary alicyclic amines) is 1. The Morgan fingerprint density at radius 3 is 2.56 bits per heavy atom. The SMILES string of the molecule is CC(=O)N1C[C@@H](NC(=O)c2cncnc2C(C)C)CC[C@@H]1C(F)(F)F. The Labute approximate surface area is 143 Å². The van der Waals surface area contributed by atoms with Gasteiger partial charge in [-0.05, 0) is 18.8 Å². The van der Waals surface area contributed by atoms with Gasteiger partial charge >= 0.3 is 6.18 Å². The number of hydrogen-bond acceptors (Lipinski definition) is 4. The number of amides is 2. The van der Waals surface area contributed by atoms with Gasteiger partial charge in [0, 0.05) is 25.7 Å². The molecule has 1 N–H and O–H groups in total. The van der Waals surface area contributed by atoms with E-state index < -0.39 is 30.1 Å². The second-order valence-corrected chi connectivity index (χ2v) is 6.45. The highest BCUT2D eigenvalue weighted by Gasteiger charge is 2.47. The first kappa shape index (κ1) is 19.1. The van der Waals surface area contributed by atoms with Crippen molar-refractivity contribution in [1.82, 2.24) is 20.2 Å². The lowest BCUT2D eigenvalue weighted by Crippen LogP contribution is -2.57. The van der Waals surface area contributed by atoms with Crippen LogP contribution in [0.2, 0.25) is 0 Å². The predicted molar refractivity (Wildman–Crippen MR) is 83.8 cm³/mol. The summed E-state index contributed by atoms with van der Waals surface area (Å²) in [5.74, 6) is -1.10. The number of rotatable bonds is 3. The average molecular weight is 358 g/mol. The topological polar surface area (TPSA) is 75.2 Å². The number of carbonyl (C=O) groups excluding carboxylic acids is 2. The van der Waals surface area contributed by atoms with Crippen molar-refractivity contribution in [1.29, 1.82) is 0 Å². The van der Waals surface area contributed by atoms with Crippen molar-refractivity contribution in [2.75, 3.05) is 6.54 Å². The number of hydrogen-bond donors (Lipinski definition) is 1. The molecule has 1 aromatic heterocycles. The summed E-state index contributed by atoms with van der Waals surface area (Å²) in [6.45, 7) is 4.69. The molecule has 9 heteroatoms. The average Bonchev–Trinajstić information content (AvgIpc) is 2.53. The number of aromatic nitrogens is 2. The molecule has 25 heavy (non-hydrogen) atoms. The molecule has 6 nitrogen and oxygen atoms in total. The van der Waals surface area contributed by atoms with Crippen molar-refractivity contribution in [3.63, 3.8) is 0 Å². The maximum Gasteiger partial charge on any atom is 0.408 e. The van der Waals surface area contributed by atoms with Crippen LogP contribution in [0, 0.1) is 0 Å². The highest BCUT2D eigenvalue weighted by Crippen LogP contribution is 2.32. The van der Waals surface area contributed by atoms with Gasteiger partial charge in [0.25, 0.3) is 5.91 Å². The molecular formula is C16H21F3N4O2. The molecule has 0 unspecified atom stereocenters. The molecule has 0 spiro atoms. The van der Waals surface area contributed by atoms with Gasteiger partial charge in [-0.15, -0.1) is 0 Å². The first-order valence-corrected chi connectivity index (χ1v) is 8.06. The number of nitrogens with one attached hydrogen (secondary N) is 1. The molecular weight excluding hydrogens is 337 g/mol. The van der Waals surface area contributed by atoms with Crippen molar-refractivity contribution in [3.8, 4) is 0 Å². The van der Waals surface area contributed by atoms with Gasteiger partial charge in [0.1, 0.15) is 12.4 Å². The third kappa shape index (κ3) is 4.46. The fourth-order valence-corrected chi connectivity index (χ4v) is 3.01. The van der Waals surface area contributed by atoms with E-state index >= 15 is 0 Å². The van der Waals surface area contributed by atoms with E-state index in [0.29, 0.717) is 11.3 Å². The largest absolute Gasteiger partial charge is 0.408 e. The normalized spacial score (nSPS) is 21.3. The van der Waals surface area contributed by atoms with Crippen LogP contribution in [0.3, 0.4) is 0 Å². The Morgan fingerprint density at radius 2 is 2.00 bits per heavy atom. The minimum Gasteiger partial charge on any atom is -0.347 e. The smallest absolute Gasteiger partial charge is 0.347 e. The summed E-state index contributed by atoms with van der Waals surface area (Å²) in [7, 11) is 0. The van der Waals surface area contributed by atoms with E-state index in [1.165, 1.54) is 12.5 Å². The highest BCUT2D eigenvalue weighted by molar-refractivity contribution is 5.95. The second-order valence-electron chi connectivity index (χ2n) is 6.45. The van der Waals surface area contributed by atoms with E-state index in [2.05, 4.69) is 15.3 Å². The van der Waals surface area contributed by atoms with Crippen molar-refractivity contribution in [3.05, 3.63) is 23.8 Å². The van der Waals surface area contributed by atoms with Crippen LogP contribution < -0.4 is 5.32 Å². The minimum atomic E-state index is -4.47. The molecule has 1 aromatic rings. The number of nitrogens with zero attached hydrogens (tertiary/aromatic N) is 3. The molecule has 2 amide bonds. The van der Waals surface area contributed by atoms with Crippen LogP contribution in [0.4, 0.5) is 13.2 Å². The fraction of sp³-hybridized carbons (Fsp3) is 0.625. The van der Waals surface area contributed by atoms with Crippen LogP contribution in [0.5, 0.6) is 0 Å². The van der Waals surface area contributed by atoms with Crippen LogP contribution >= 0.6 is 0 Å². The van der Waals surface area contributed by atoms with Crippen LogP contribution in [-0.2, 0) is 4.79 Å². The first-order valence-electron chi connectivity index (χ1n) is 8.06. The standard InChI is InChI=1S/C16H21F3N4O2/c1-9(2)14-12(6-20-8-21-14)15(25)22-11-4-5-13(16(17,18)19)23(7-11)10(3)24/h6,8-9,11,13H,4-5,7H2,1-3H3,(H,22,25)/t11-,13+/m0/s1. The molecule has 0 aromatic carbocycles. The summed E-state index contributed by atoms with van der Waals surface area (Å²) in [5.41, 5.74) is 0.865. The van der Waals surface area contributed by atoms with Gasteiger partial charge in [-0.25, -0.2) is 9.97 Å². The molecule has 1 fully saturated rings. The van der Waals surface area contributed by atoms with Crippen LogP contribution in [-0.4, -0.2) is 51.5 Å². The first-order chi connectivity index (χ1) is 11.6. The Balaban J connectivity index is 2.12. The lowest BCUT2D eigenvalue weighted by Gasteiger charge is -2.40. The van der Waals surface area contributed by atoms with Gasteiger partial charge in [0.05, 0.1) is 11.3 Å². The maximum atomic E-state index is 13.1. The Kier molecular flexibility index (Phi) is 5.64. The van der Waals surface area contributed by atoms with Crippen molar-refractivity contribution in [2.24, 2.45) is 0 Å². The molecule has 2 heterocycles. The summed E-state index contributed by atoms with van der Waals surface area (Å²) in [6.07, 6.45) is -1.83. The summed E-state index contributed by atoms with van der Waals surface area (Å²) in [6, 6.07) is -2.35. The number of alkyl halides is 3. The van der Waals surface area contributed by atoms with E-state index in [1.54, 1.807) is 0 Å². The maximum absolute atomic E-state index is 13.1. The molecule has 0 aliphatic carbocycles. The zero-order valence-corrected chi connectivity index (χ0v) is 14.3. The zero-order valence-electron chi connectivity index (χ0n) is 14.3. The molecule has 2 atom stereocenters. The fourth-order valence-electron chi connectivity index (χ4n) is 3.01. The van der Waals surface area contributed by atoms with Crippen LogP contribution in [0.15, 0.2) is 12.5 Å². The van der Waals surface area contributed by atoms with E-state index in [9.17, 15) is 22.8 Å². The molecule has 1 aliphatic heterocycles. The van der Waals surface area contributed by atoms with Crippen LogP contribution in [0.1, 0.15) is 55.6 Å². The molecule has 1 saturated heterocycles. The van der Waals surface area contributed by atoms with Crippen molar-refractivity contribution < 1.29 is 22.8 Å². The van der Waals surface area contributed by atoms with Gasteiger partial charge in [0.15, 0.2) is 0 Å². The number of halogens is 3. The van der Waals surface area contributed by atoms with Crippen LogP contribution in [0.25, 0.3) is 0 Å². The monoisotopic (exact) mass is 358 g/mol. The molecule has 0 saturated carbocycles. The lowest BCUT2D eigenvalue weighted by atomic mass is 9.97. The third-order valence-electron chi connectivity index (χ3n) is 4.23. The molecule has 138 valence electrons. The van der Waals surface area contributed by atoms with Gasteiger partial charge < -0.3 is 10.2 Å². The summed E-state index contributed by atoms with van der Waals surface area (Å²) in [4.78, 5) is 32.8. The van der Waals surface area contributed by atoms with Crippen molar-refractivity contribution >= 4 is 11.8 Å². The summed E-state index contributed by atoms with van der Waals surface area (Å²) in [5, 5.41) is 2.71. The third-order valence-corrected chi connectivity index (χ3v) is 4.23. The Hall–Kier alpha value is -2.19. The lowest BCUT2D eigenvalue weighted by molar-refractivity contribution is -0.196. The van der Waals surface area contributed by atoms with E-state index in [4.69, 9.17) is 0 Å². The predicted octanol–water partition coefficient (Wildman–Crippen LogP) is 2.27. The molecule has 0 radical (unpaired) electrons. The van der Waals surface area contributed by atoms with Gasteiger partial charge in [0.2, 0.25) is 5.91 Å². The second kappa shape index (κ2) is 7.37. The quantitative estimate of drug-likeness (QED) is 0.899. The van der Waals surface area contributed by atoms with Gasteiger partial charge in [-0.2, -0.15) is 13.2 Å². The molecule has 2 rings (SSSR count). The van der Waals surface area contributed by atoms with Crippen molar-refractivity contribution in [2.45, 2.75) is 57.8 Å². The number of carbonyl (C=O) groups is 2. The van der Waals surface area contributed by atoms with Gasteiger partial charge in [-0.3, -0.25) is 9.59 Å². The molecule has 0 bridgehead atoms. The summed E-state index contributed by atoms with van der Waals surface area (Å²) < 4.78 is 39.2.